The van der Waals surface area contributed by atoms with Gasteiger partial charge in [0.15, 0.2) is 0 Å². The van der Waals surface area contributed by atoms with Gasteiger partial charge in [0.2, 0.25) is 5.91 Å². The van der Waals surface area contributed by atoms with Crippen LogP contribution >= 0.6 is 0 Å². The second kappa shape index (κ2) is 10.5. The van der Waals surface area contributed by atoms with Gasteiger partial charge in [-0.3, -0.25) is 4.79 Å². The predicted molar refractivity (Wildman–Crippen MR) is 126 cm³/mol. The van der Waals surface area contributed by atoms with E-state index in [4.69, 9.17) is 4.74 Å². The van der Waals surface area contributed by atoms with Gasteiger partial charge in [-0.25, -0.2) is 4.79 Å². The number of likely N-dealkylation sites (tertiary alicyclic amines) is 1. The van der Waals surface area contributed by atoms with E-state index in [0.29, 0.717) is 19.6 Å². The molecular formula is C25H32N4O3. The van der Waals surface area contributed by atoms with E-state index in [1.165, 1.54) is 5.69 Å². The van der Waals surface area contributed by atoms with Crippen LogP contribution < -0.4 is 10.2 Å². The maximum atomic E-state index is 13.3. The molecule has 0 saturated carbocycles. The van der Waals surface area contributed by atoms with Crippen molar-refractivity contribution < 1.29 is 14.3 Å². The van der Waals surface area contributed by atoms with Crippen molar-refractivity contribution in [3.05, 3.63) is 60.2 Å². The van der Waals surface area contributed by atoms with Crippen LogP contribution in [0.15, 0.2) is 54.6 Å². The van der Waals surface area contributed by atoms with E-state index in [-0.39, 0.29) is 17.9 Å². The molecule has 0 aromatic heterocycles. The molecule has 7 heteroatoms. The van der Waals surface area contributed by atoms with Crippen LogP contribution in [0.25, 0.3) is 0 Å². The molecule has 7 nitrogen and oxygen atoms in total. The Morgan fingerprint density at radius 3 is 2.53 bits per heavy atom. The lowest BCUT2D eigenvalue weighted by Crippen LogP contribution is -2.47. The van der Waals surface area contributed by atoms with Gasteiger partial charge >= 0.3 is 6.03 Å². The Balaban J connectivity index is 1.37. The number of piperidine rings is 1. The number of ether oxygens (including phenoxy) is 1. The van der Waals surface area contributed by atoms with Gasteiger partial charge in [0.05, 0.1) is 19.1 Å². The van der Waals surface area contributed by atoms with Crippen molar-refractivity contribution >= 4 is 23.3 Å². The highest BCUT2D eigenvalue weighted by Gasteiger charge is 2.30. The van der Waals surface area contributed by atoms with Crippen molar-refractivity contribution in [1.82, 2.24) is 9.80 Å². The maximum Gasteiger partial charge on any atom is 0.321 e. The van der Waals surface area contributed by atoms with Crippen LogP contribution in [0.3, 0.4) is 0 Å². The van der Waals surface area contributed by atoms with Crippen LogP contribution in [-0.4, -0.2) is 68.2 Å². The molecule has 1 atom stereocenters. The fourth-order valence-electron chi connectivity index (χ4n) is 4.49. The molecule has 170 valence electrons. The Bertz CT molecular complexity index is 914. The Kier molecular flexibility index (Phi) is 7.27. The van der Waals surface area contributed by atoms with Crippen LogP contribution in [0.2, 0.25) is 0 Å². The lowest BCUT2D eigenvalue weighted by molar-refractivity contribution is -0.136. The lowest BCUT2D eigenvalue weighted by atomic mass is 9.96. The zero-order valence-corrected chi connectivity index (χ0v) is 18.7. The third-order valence-corrected chi connectivity index (χ3v) is 6.21. The largest absolute Gasteiger partial charge is 0.378 e. The Hall–Kier alpha value is -3.06. The van der Waals surface area contributed by atoms with E-state index >= 15 is 0 Å². The molecule has 0 radical (unpaired) electrons. The molecule has 32 heavy (non-hydrogen) atoms. The second-order valence-electron chi connectivity index (χ2n) is 8.50. The highest BCUT2D eigenvalue weighted by molar-refractivity contribution is 5.90. The van der Waals surface area contributed by atoms with Gasteiger partial charge in [0.1, 0.15) is 0 Å². The average molecular weight is 437 g/mol. The van der Waals surface area contributed by atoms with E-state index in [9.17, 15) is 9.59 Å². The van der Waals surface area contributed by atoms with Crippen molar-refractivity contribution in [2.45, 2.75) is 19.4 Å². The second-order valence-corrected chi connectivity index (χ2v) is 8.50. The molecule has 2 heterocycles. The monoisotopic (exact) mass is 436 g/mol. The fourth-order valence-corrected chi connectivity index (χ4v) is 4.49. The number of rotatable bonds is 5. The molecule has 2 fully saturated rings. The van der Waals surface area contributed by atoms with Crippen molar-refractivity contribution in [3.63, 3.8) is 0 Å². The number of amides is 3. The first-order valence-corrected chi connectivity index (χ1v) is 11.4. The molecule has 4 rings (SSSR count). The van der Waals surface area contributed by atoms with Gasteiger partial charge in [-0.15, -0.1) is 0 Å². The van der Waals surface area contributed by atoms with E-state index in [0.717, 1.165) is 50.4 Å². The van der Waals surface area contributed by atoms with Crippen LogP contribution in [0.4, 0.5) is 16.2 Å². The zero-order chi connectivity index (χ0) is 22.3. The van der Waals surface area contributed by atoms with E-state index < -0.39 is 0 Å². The quantitative estimate of drug-likeness (QED) is 0.780. The number of hydrogen-bond acceptors (Lipinski definition) is 4. The topological polar surface area (TPSA) is 65.1 Å². The summed E-state index contributed by atoms with van der Waals surface area (Å²) in [4.78, 5) is 31.8. The molecule has 2 aromatic carbocycles. The summed E-state index contributed by atoms with van der Waals surface area (Å²) >= 11 is 0. The summed E-state index contributed by atoms with van der Waals surface area (Å²) in [5, 5.41) is 2.93. The number of nitrogens with one attached hydrogen (secondary N) is 1. The van der Waals surface area contributed by atoms with E-state index in [1.807, 2.05) is 54.4 Å². The van der Waals surface area contributed by atoms with E-state index in [2.05, 4.69) is 22.3 Å². The van der Waals surface area contributed by atoms with Gasteiger partial charge in [0.25, 0.3) is 0 Å². The minimum atomic E-state index is -0.175. The number of benzene rings is 2. The third kappa shape index (κ3) is 5.40. The number of para-hydroxylation sites is 2. The minimum absolute atomic E-state index is 0.0963. The number of urea groups is 1. The normalized spacial score (nSPS) is 18.8. The molecule has 0 bridgehead atoms. The highest BCUT2D eigenvalue weighted by atomic mass is 16.5. The first-order valence-electron chi connectivity index (χ1n) is 11.4. The van der Waals surface area contributed by atoms with Crippen LogP contribution in [0.1, 0.15) is 18.4 Å². The molecular weight excluding hydrogens is 404 g/mol. The number of carbonyl (C=O) groups excluding carboxylic acids is 2. The number of carbonyl (C=O) groups is 2. The van der Waals surface area contributed by atoms with Crippen LogP contribution in [0.5, 0.6) is 0 Å². The summed E-state index contributed by atoms with van der Waals surface area (Å²) in [5.41, 5.74) is 3.07. The molecule has 2 aromatic rings. The molecule has 2 aliphatic heterocycles. The minimum Gasteiger partial charge on any atom is -0.378 e. The molecule has 0 unspecified atom stereocenters. The smallest absolute Gasteiger partial charge is 0.321 e. The summed E-state index contributed by atoms with van der Waals surface area (Å²) in [6.07, 6.45) is 1.64. The number of nitrogens with zero attached hydrogens (tertiary/aromatic N) is 3. The van der Waals surface area contributed by atoms with Gasteiger partial charge in [-0.2, -0.15) is 0 Å². The summed E-state index contributed by atoms with van der Waals surface area (Å²) in [6.45, 7) is 4.86. The Morgan fingerprint density at radius 2 is 1.75 bits per heavy atom. The van der Waals surface area contributed by atoms with E-state index in [1.54, 1.807) is 4.90 Å². The molecule has 2 aliphatic rings. The first kappa shape index (κ1) is 22.1. The van der Waals surface area contributed by atoms with Crippen LogP contribution in [0, 0.1) is 5.92 Å². The van der Waals surface area contributed by atoms with Crippen LogP contribution in [-0.2, 0) is 16.1 Å². The highest BCUT2D eigenvalue weighted by Crippen LogP contribution is 2.25. The maximum absolute atomic E-state index is 13.3. The fraction of sp³-hybridized carbons (Fsp3) is 0.440. The van der Waals surface area contributed by atoms with Gasteiger partial charge < -0.3 is 24.8 Å². The van der Waals surface area contributed by atoms with Crippen molar-refractivity contribution in [1.29, 1.82) is 0 Å². The molecule has 3 amide bonds. The zero-order valence-electron chi connectivity index (χ0n) is 18.7. The summed E-state index contributed by atoms with van der Waals surface area (Å²) in [6, 6.07) is 17.6. The summed E-state index contributed by atoms with van der Waals surface area (Å²) < 4.78 is 5.48. The lowest BCUT2D eigenvalue weighted by Gasteiger charge is -2.35. The third-order valence-electron chi connectivity index (χ3n) is 6.21. The van der Waals surface area contributed by atoms with Crippen molar-refractivity contribution in [3.8, 4) is 0 Å². The number of hydrogen-bond donors (Lipinski definition) is 1. The summed E-state index contributed by atoms with van der Waals surface area (Å²) in [5.74, 6) is -0.0789. The first-order chi connectivity index (χ1) is 15.6. The van der Waals surface area contributed by atoms with Gasteiger partial charge in [0, 0.05) is 51.1 Å². The molecule has 0 aliphatic carbocycles. The SMILES string of the molecule is CN(Cc1ccccc1N1CCOCC1)C(=O)[C@H]1CCCN(C(=O)Nc2ccccc2)C1. The van der Waals surface area contributed by atoms with Crippen molar-refractivity contribution in [2.75, 3.05) is 56.7 Å². The number of anilines is 2. The predicted octanol–water partition coefficient (Wildman–Crippen LogP) is 3.43. The molecule has 1 N–H and O–H groups in total. The Morgan fingerprint density at radius 1 is 1.03 bits per heavy atom. The molecule has 2 saturated heterocycles. The standard InChI is InChI=1S/C25H32N4O3/c1-27(18-20-8-5-6-12-23(20)28-14-16-32-17-15-28)24(30)21-9-7-13-29(19-21)25(31)26-22-10-3-2-4-11-22/h2-6,8,10-12,21H,7,9,13-19H2,1H3,(H,26,31)/t21-/m0/s1. The number of morpholine rings is 1. The van der Waals surface area contributed by atoms with Gasteiger partial charge in [-0.05, 0) is 36.6 Å². The average Bonchev–Trinajstić information content (AvgIpc) is 2.85. The molecule has 0 spiro atoms. The Labute approximate surface area is 189 Å². The summed E-state index contributed by atoms with van der Waals surface area (Å²) in [7, 11) is 1.86. The van der Waals surface area contributed by atoms with Gasteiger partial charge in [-0.1, -0.05) is 36.4 Å². The van der Waals surface area contributed by atoms with Crippen molar-refractivity contribution in [2.24, 2.45) is 5.92 Å².